The Morgan fingerprint density at radius 1 is 1.05 bits per heavy atom. The van der Waals surface area contributed by atoms with Crippen LogP contribution in [0.2, 0.25) is 0 Å². The molecule has 0 amide bonds. The molecule has 0 radical (unpaired) electrons. The van der Waals surface area contributed by atoms with Gasteiger partial charge in [0, 0.05) is 17.4 Å². The lowest BCUT2D eigenvalue weighted by molar-refractivity contribution is 0.540. The monoisotopic (exact) mass is 313 g/mol. The van der Waals surface area contributed by atoms with E-state index in [-0.39, 0.29) is 0 Å². The van der Waals surface area contributed by atoms with Crippen LogP contribution < -0.4 is 11.5 Å². The van der Waals surface area contributed by atoms with E-state index in [1.54, 1.807) is 0 Å². The quantitative estimate of drug-likeness (QED) is 0.563. The molecule has 0 atom stereocenters. The summed E-state index contributed by atoms with van der Waals surface area (Å²) >= 11 is 1.42. The van der Waals surface area contributed by atoms with Gasteiger partial charge in [-0.15, -0.1) is 0 Å². The van der Waals surface area contributed by atoms with Crippen LogP contribution in [0.3, 0.4) is 0 Å². The van der Waals surface area contributed by atoms with Crippen LogP contribution in [0, 0.1) is 6.92 Å². The van der Waals surface area contributed by atoms with Gasteiger partial charge in [0.2, 0.25) is 5.89 Å². The Bertz CT molecular complexity index is 768. The maximum Gasteiger partial charge on any atom is 0.226 e. The van der Waals surface area contributed by atoms with E-state index in [1.807, 2.05) is 37.3 Å². The van der Waals surface area contributed by atoms with E-state index in [1.165, 1.54) is 17.8 Å². The van der Waals surface area contributed by atoms with Crippen molar-refractivity contribution < 1.29 is 4.42 Å². The summed E-state index contributed by atoms with van der Waals surface area (Å²) < 4.78 is 5.72. The van der Waals surface area contributed by atoms with E-state index >= 15 is 0 Å². The summed E-state index contributed by atoms with van der Waals surface area (Å²) in [5, 5.41) is 0.529. The van der Waals surface area contributed by atoms with Crippen molar-refractivity contribution in [3.63, 3.8) is 0 Å². The average Bonchev–Trinajstić information content (AvgIpc) is 2.86. The molecule has 0 spiro atoms. The van der Waals surface area contributed by atoms with E-state index in [0.717, 1.165) is 17.0 Å². The third kappa shape index (κ3) is 3.20. The molecule has 0 saturated heterocycles. The van der Waals surface area contributed by atoms with Crippen LogP contribution in [0.1, 0.15) is 11.5 Å². The minimum Gasteiger partial charge on any atom is -0.441 e. The van der Waals surface area contributed by atoms with Gasteiger partial charge in [0.05, 0.1) is 5.69 Å². The highest BCUT2D eigenvalue weighted by Gasteiger charge is 2.12. The average molecular weight is 313 g/mol. The van der Waals surface area contributed by atoms with Crippen molar-refractivity contribution in [1.29, 1.82) is 0 Å². The molecule has 22 heavy (non-hydrogen) atoms. The fourth-order valence-electron chi connectivity index (χ4n) is 1.93. The number of thioether (sulfide) groups is 1. The van der Waals surface area contributed by atoms with Crippen molar-refractivity contribution in [2.45, 2.75) is 17.8 Å². The largest absolute Gasteiger partial charge is 0.441 e. The highest BCUT2D eigenvalue weighted by Crippen LogP contribution is 2.26. The molecule has 0 saturated carbocycles. The number of nitrogens with zero attached hydrogens (tertiary/aromatic N) is 3. The van der Waals surface area contributed by atoms with Gasteiger partial charge in [-0.25, -0.2) is 15.0 Å². The molecule has 1 aromatic carbocycles. The summed E-state index contributed by atoms with van der Waals surface area (Å²) in [5.41, 5.74) is 13.1. The van der Waals surface area contributed by atoms with Crippen molar-refractivity contribution >= 4 is 23.4 Å². The summed E-state index contributed by atoms with van der Waals surface area (Å²) in [4.78, 5) is 12.8. The van der Waals surface area contributed by atoms with Crippen molar-refractivity contribution in [3.05, 3.63) is 47.9 Å². The SMILES string of the molecule is Cc1oc(-c2ccccc2)nc1CSc1nc(N)cc(N)n1. The summed E-state index contributed by atoms with van der Waals surface area (Å²) in [6.07, 6.45) is 0. The van der Waals surface area contributed by atoms with Gasteiger partial charge in [-0.1, -0.05) is 30.0 Å². The molecule has 2 aromatic heterocycles. The van der Waals surface area contributed by atoms with Crippen molar-refractivity contribution in [2.75, 3.05) is 11.5 Å². The predicted molar refractivity (Wildman–Crippen MR) is 87.1 cm³/mol. The number of oxazole rings is 1. The molecule has 6 nitrogen and oxygen atoms in total. The molecule has 0 aliphatic rings. The second-order valence-electron chi connectivity index (χ2n) is 4.68. The summed E-state index contributed by atoms with van der Waals surface area (Å²) in [6.45, 7) is 1.89. The Labute approximate surface area is 132 Å². The maximum absolute atomic E-state index is 5.72. The van der Waals surface area contributed by atoms with Crippen LogP contribution in [0.15, 0.2) is 46.0 Å². The summed E-state index contributed by atoms with van der Waals surface area (Å²) in [6, 6.07) is 11.3. The first-order valence-corrected chi connectivity index (χ1v) is 7.65. The van der Waals surface area contributed by atoms with Gasteiger partial charge in [-0.3, -0.25) is 0 Å². The van der Waals surface area contributed by atoms with Crippen molar-refractivity contribution in [1.82, 2.24) is 15.0 Å². The number of hydrogen-bond donors (Lipinski definition) is 2. The topological polar surface area (TPSA) is 104 Å². The fourth-order valence-corrected chi connectivity index (χ4v) is 2.80. The molecule has 0 aliphatic carbocycles. The second kappa shape index (κ2) is 6.07. The number of aryl methyl sites for hydroxylation is 1. The lowest BCUT2D eigenvalue weighted by Crippen LogP contribution is -1.99. The molecule has 0 unspecified atom stereocenters. The minimum absolute atomic E-state index is 0.358. The van der Waals surface area contributed by atoms with Crippen LogP contribution in [-0.2, 0) is 5.75 Å². The lowest BCUT2D eigenvalue weighted by atomic mass is 10.2. The number of nitrogen functional groups attached to an aromatic ring is 2. The van der Waals surface area contributed by atoms with Crippen molar-refractivity contribution in [3.8, 4) is 11.5 Å². The maximum atomic E-state index is 5.72. The molecular weight excluding hydrogens is 298 g/mol. The molecule has 112 valence electrons. The van der Waals surface area contributed by atoms with Gasteiger partial charge in [-0.05, 0) is 19.1 Å². The summed E-state index contributed by atoms with van der Waals surface area (Å²) in [7, 11) is 0. The third-order valence-electron chi connectivity index (χ3n) is 3.00. The molecular formula is C15H15N5OS. The number of benzene rings is 1. The van der Waals surface area contributed by atoms with Gasteiger partial charge in [0.15, 0.2) is 5.16 Å². The molecule has 7 heteroatoms. The van der Waals surface area contributed by atoms with Gasteiger partial charge in [0.1, 0.15) is 17.4 Å². The normalized spacial score (nSPS) is 10.8. The van der Waals surface area contributed by atoms with Crippen LogP contribution in [0.5, 0.6) is 0 Å². The number of anilines is 2. The Hall–Kier alpha value is -2.54. The number of nitrogens with two attached hydrogens (primary N) is 2. The smallest absolute Gasteiger partial charge is 0.226 e. The lowest BCUT2D eigenvalue weighted by Gasteiger charge is -2.01. The highest BCUT2D eigenvalue weighted by molar-refractivity contribution is 7.98. The second-order valence-corrected chi connectivity index (χ2v) is 5.62. The molecule has 0 aliphatic heterocycles. The Balaban J connectivity index is 1.77. The minimum atomic E-state index is 0.358. The molecule has 0 fully saturated rings. The molecule has 0 bridgehead atoms. The predicted octanol–water partition coefficient (Wildman–Crippen LogP) is 2.90. The standard InChI is InChI=1S/C15H15N5OS/c1-9-11(8-22-15-19-12(16)7-13(17)20-15)18-14(21-9)10-5-3-2-4-6-10/h2-7H,8H2,1H3,(H4,16,17,19,20). The van der Waals surface area contributed by atoms with Gasteiger partial charge >= 0.3 is 0 Å². The number of hydrogen-bond acceptors (Lipinski definition) is 7. The van der Waals surface area contributed by atoms with E-state index < -0.39 is 0 Å². The van der Waals surface area contributed by atoms with Crippen molar-refractivity contribution in [2.24, 2.45) is 0 Å². The van der Waals surface area contributed by atoms with E-state index in [0.29, 0.717) is 28.4 Å². The number of rotatable bonds is 4. The molecule has 4 N–H and O–H groups in total. The zero-order chi connectivity index (χ0) is 15.5. The van der Waals surface area contributed by atoms with E-state index in [2.05, 4.69) is 15.0 Å². The first-order chi connectivity index (χ1) is 10.6. The number of aromatic nitrogens is 3. The van der Waals surface area contributed by atoms with Crippen LogP contribution >= 0.6 is 11.8 Å². The van der Waals surface area contributed by atoms with Crippen LogP contribution in [0.4, 0.5) is 11.6 Å². The Morgan fingerprint density at radius 3 is 2.41 bits per heavy atom. The first kappa shape index (κ1) is 14.4. The summed E-state index contributed by atoms with van der Waals surface area (Å²) in [5.74, 6) is 2.70. The molecule has 3 aromatic rings. The van der Waals surface area contributed by atoms with Crippen LogP contribution in [-0.4, -0.2) is 15.0 Å². The highest BCUT2D eigenvalue weighted by atomic mass is 32.2. The van der Waals surface area contributed by atoms with Gasteiger partial charge in [0.25, 0.3) is 0 Å². The third-order valence-corrected chi connectivity index (χ3v) is 3.86. The van der Waals surface area contributed by atoms with Gasteiger partial charge in [-0.2, -0.15) is 0 Å². The van der Waals surface area contributed by atoms with Gasteiger partial charge < -0.3 is 15.9 Å². The van der Waals surface area contributed by atoms with E-state index in [4.69, 9.17) is 15.9 Å². The first-order valence-electron chi connectivity index (χ1n) is 6.66. The Kier molecular flexibility index (Phi) is 3.97. The molecule has 2 heterocycles. The fraction of sp³-hybridized carbons (Fsp3) is 0.133. The van der Waals surface area contributed by atoms with E-state index in [9.17, 15) is 0 Å². The zero-order valence-electron chi connectivity index (χ0n) is 12.0. The van der Waals surface area contributed by atoms with Crippen LogP contribution in [0.25, 0.3) is 11.5 Å². The molecule has 3 rings (SSSR count). The Morgan fingerprint density at radius 2 is 1.73 bits per heavy atom. The zero-order valence-corrected chi connectivity index (χ0v) is 12.8.